The van der Waals surface area contributed by atoms with E-state index in [0.717, 1.165) is 55.4 Å². The number of nitrogens with one attached hydrogen (secondary N) is 1. The van der Waals surface area contributed by atoms with Gasteiger partial charge in [0, 0.05) is 4.88 Å². The molecule has 0 spiro atoms. The number of amides is 2. The Hall–Kier alpha value is -1.89. The van der Waals surface area contributed by atoms with Crippen LogP contribution in [0.15, 0.2) is 0 Å². The molecule has 1 aromatic rings. The average molecular weight is 407 g/mol. The van der Waals surface area contributed by atoms with Crippen molar-refractivity contribution >= 4 is 34.1 Å². The zero-order valence-electron chi connectivity index (χ0n) is 16.9. The molecule has 0 atom stereocenters. The minimum atomic E-state index is -0.526. The van der Waals surface area contributed by atoms with Crippen LogP contribution in [-0.4, -0.2) is 24.4 Å². The lowest BCUT2D eigenvalue weighted by atomic mass is 9.70. The van der Waals surface area contributed by atoms with E-state index in [-0.39, 0.29) is 23.9 Å². The van der Waals surface area contributed by atoms with E-state index in [2.05, 4.69) is 26.1 Å². The number of esters is 1. The topological polar surface area (TPSA) is 98.5 Å². The summed E-state index contributed by atoms with van der Waals surface area (Å²) in [4.78, 5) is 37.5. The molecule has 0 aromatic carbocycles. The van der Waals surface area contributed by atoms with Gasteiger partial charge in [0.1, 0.15) is 5.00 Å². The van der Waals surface area contributed by atoms with Gasteiger partial charge < -0.3 is 15.8 Å². The quantitative estimate of drug-likeness (QED) is 0.729. The fraction of sp³-hybridized carbons (Fsp3) is 0.667. The summed E-state index contributed by atoms with van der Waals surface area (Å²) in [7, 11) is 0. The van der Waals surface area contributed by atoms with Crippen LogP contribution >= 0.6 is 11.3 Å². The van der Waals surface area contributed by atoms with Crippen LogP contribution in [-0.2, 0) is 27.2 Å². The molecule has 2 aliphatic rings. The van der Waals surface area contributed by atoms with Crippen LogP contribution in [0.1, 0.15) is 73.7 Å². The molecule has 0 bridgehead atoms. The lowest BCUT2D eigenvalue weighted by Crippen LogP contribution is -2.31. The SMILES string of the molecule is CC(C)(C)C1CCC(C(=O)OCC(=O)Nc2sc3c(c2C(N)=O)CCC3)CC1. The normalized spacial score (nSPS) is 21.8. The number of primary amides is 1. The number of nitrogens with two attached hydrogens (primary N) is 1. The number of ether oxygens (including phenoxy) is 1. The fourth-order valence-corrected chi connectivity index (χ4v) is 5.68. The van der Waals surface area contributed by atoms with E-state index < -0.39 is 11.8 Å². The molecular formula is C21H30N2O4S. The molecule has 2 aliphatic carbocycles. The van der Waals surface area contributed by atoms with Gasteiger partial charge >= 0.3 is 5.97 Å². The van der Waals surface area contributed by atoms with E-state index >= 15 is 0 Å². The molecule has 28 heavy (non-hydrogen) atoms. The third-order valence-corrected chi connectivity index (χ3v) is 7.26. The summed E-state index contributed by atoms with van der Waals surface area (Å²) in [5.41, 5.74) is 7.13. The van der Waals surface area contributed by atoms with E-state index in [1.165, 1.54) is 11.3 Å². The van der Waals surface area contributed by atoms with Crippen LogP contribution in [0.5, 0.6) is 0 Å². The Morgan fingerprint density at radius 2 is 1.82 bits per heavy atom. The number of hydrogen-bond acceptors (Lipinski definition) is 5. The molecule has 2 amide bonds. The van der Waals surface area contributed by atoms with Crippen molar-refractivity contribution in [3.8, 4) is 0 Å². The van der Waals surface area contributed by atoms with Gasteiger partial charge in [0.05, 0.1) is 11.5 Å². The number of rotatable bonds is 5. The van der Waals surface area contributed by atoms with Gasteiger partial charge in [-0.25, -0.2) is 0 Å². The van der Waals surface area contributed by atoms with E-state index in [1.54, 1.807) is 0 Å². The summed E-state index contributed by atoms with van der Waals surface area (Å²) >= 11 is 1.40. The van der Waals surface area contributed by atoms with Gasteiger partial charge in [-0.15, -0.1) is 11.3 Å². The molecule has 0 radical (unpaired) electrons. The maximum Gasteiger partial charge on any atom is 0.309 e. The standard InChI is InChI=1S/C21H30N2O4S/c1-21(2,3)13-9-7-12(8-10-13)20(26)27-11-16(24)23-19-17(18(22)25)14-5-4-6-15(14)28-19/h12-13H,4-11H2,1-3H3,(H2,22,25)(H,23,24). The van der Waals surface area contributed by atoms with Gasteiger partial charge in [-0.3, -0.25) is 14.4 Å². The van der Waals surface area contributed by atoms with E-state index in [4.69, 9.17) is 10.5 Å². The number of aryl methyl sites for hydroxylation is 1. The smallest absolute Gasteiger partial charge is 0.309 e. The third kappa shape index (κ3) is 4.57. The number of thiophene rings is 1. The maximum absolute atomic E-state index is 12.3. The Balaban J connectivity index is 1.50. The maximum atomic E-state index is 12.3. The van der Waals surface area contributed by atoms with Crippen molar-refractivity contribution in [2.24, 2.45) is 23.0 Å². The Bertz CT molecular complexity index is 770. The van der Waals surface area contributed by atoms with E-state index in [9.17, 15) is 14.4 Å². The number of hydrogen-bond donors (Lipinski definition) is 2. The zero-order valence-corrected chi connectivity index (χ0v) is 17.7. The second-order valence-corrected chi connectivity index (χ2v) is 10.1. The Morgan fingerprint density at radius 1 is 1.14 bits per heavy atom. The van der Waals surface area contributed by atoms with Crippen molar-refractivity contribution in [1.29, 1.82) is 0 Å². The van der Waals surface area contributed by atoms with Gasteiger partial charge in [-0.1, -0.05) is 20.8 Å². The van der Waals surface area contributed by atoms with Gasteiger partial charge in [0.2, 0.25) is 0 Å². The highest BCUT2D eigenvalue weighted by atomic mass is 32.1. The first kappa shape index (κ1) is 20.8. The van der Waals surface area contributed by atoms with Crippen molar-refractivity contribution < 1.29 is 19.1 Å². The highest BCUT2D eigenvalue weighted by molar-refractivity contribution is 7.17. The number of carbonyl (C=O) groups excluding carboxylic acids is 3. The Labute approximate surface area is 170 Å². The van der Waals surface area contributed by atoms with E-state index in [1.807, 2.05) is 0 Å². The second-order valence-electron chi connectivity index (χ2n) is 9.00. The summed E-state index contributed by atoms with van der Waals surface area (Å²) in [5.74, 6) is -0.765. The minimum absolute atomic E-state index is 0.127. The molecule has 0 saturated heterocycles. The van der Waals surface area contributed by atoms with Gasteiger partial charge in [-0.05, 0) is 61.8 Å². The lowest BCUT2D eigenvalue weighted by molar-refractivity contribution is -0.153. The third-order valence-electron chi connectivity index (χ3n) is 6.05. The van der Waals surface area contributed by atoms with Gasteiger partial charge in [0.15, 0.2) is 6.61 Å². The summed E-state index contributed by atoms with van der Waals surface area (Å²) in [6, 6.07) is 0. The molecule has 0 unspecified atom stereocenters. The van der Waals surface area contributed by atoms with E-state index in [0.29, 0.717) is 16.5 Å². The van der Waals surface area contributed by atoms with Crippen LogP contribution in [0.2, 0.25) is 0 Å². The second kappa shape index (κ2) is 8.23. The van der Waals surface area contributed by atoms with Crippen molar-refractivity contribution in [3.05, 3.63) is 16.0 Å². The van der Waals surface area contributed by atoms with Crippen LogP contribution < -0.4 is 11.1 Å². The monoisotopic (exact) mass is 406 g/mol. The first-order chi connectivity index (χ1) is 13.2. The molecular weight excluding hydrogens is 376 g/mol. The van der Waals surface area contributed by atoms with Crippen molar-refractivity contribution in [3.63, 3.8) is 0 Å². The predicted octanol–water partition coefficient (Wildman–Crippen LogP) is 3.67. The minimum Gasteiger partial charge on any atom is -0.455 e. The van der Waals surface area contributed by atoms with Crippen LogP contribution in [0.4, 0.5) is 5.00 Å². The largest absolute Gasteiger partial charge is 0.455 e. The van der Waals surface area contributed by atoms with Crippen molar-refractivity contribution in [2.45, 2.75) is 65.7 Å². The van der Waals surface area contributed by atoms with Crippen molar-refractivity contribution in [2.75, 3.05) is 11.9 Å². The highest BCUT2D eigenvalue weighted by Crippen LogP contribution is 2.40. The van der Waals surface area contributed by atoms with Crippen molar-refractivity contribution in [1.82, 2.24) is 0 Å². The molecule has 3 rings (SSSR count). The van der Waals surface area contributed by atoms with Gasteiger partial charge in [0.25, 0.3) is 11.8 Å². The lowest BCUT2D eigenvalue weighted by Gasteiger charge is -2.36. The summed E-state index contributed by atoms with van der Waals surface area (Å²) in [5, 5.41) is 3.18. The number of fused-ring (bicyclic) bond motifs is 1. The molecule has 0 aliphatic heterocycles. The molecule has 154 valence electrons. The molecule has 6 nitrogen and oxygen atoms in total. The molecule has 1 heterocycles. The first-order valence-electron chi connectivity index (χ1n) is 10.1. The van der Waals surface area contributed by atoms with Gasteiger partial charge in [-0.2, -0.15) is 0 Å². The van der Waals surface area contributed by atoms with Crippen LogP contribution in [0, 0.1) is 17.3 Å². The number of carbonyl (C=O) groups is 3. The molecule has 1 aromatic heterocycles. The molecule has 1 fully saturated rings. The molecule has 1 saturated carbocycles. The number of anilines is 1. The highest BCUT2D eigenvalue weighted by Gasteiger charge is 2.33. The summed E-state index contributed by atoms with van der Waals surface area (Å²) in [6.07, 6.45) is 6.37. The first-order valence-corrected chi connectivity index (χ1v) is 10.9. The Morgan fingerprint density at radius 3 is 2.43 bits per heavy atom. The molecule has 3 N–H and O–H groups in total. The zero-order chi connectivity index (χ0) is 20.5. The summed E-state index contributed by atoms with van der Waals surface area (Å²) in [6.45, 7) is 6.38. The fourth-order valence-electron chi connectivity index (χ4n) is 4.37. The summed E-state index contributed by atoms with van der Waals surface area (Å²) < 4.78 is 5.25. The molecule has 7 heteroatoms. The van der Waals surface area contributed by atoms with Crippen LogP contribution in [0.3, 0.4) is 0 Å². The average Bonchev–Trinajstić information content (AvgIpc) is 3.19. The van der Waals surface area contributed by atoms with Crippen LogP contribution in [0.25, 0.3) is 0 Å². The Kier molecular flexibility index (Phi) is 6.12. The predicted molar refractivity (Wildman–Crippen MR) is 109 cm³/mol.